The van der Waals surface area contributed by atoms with Crippen molar-refractivity contribution in [3.63, 3.8) is 0 Å². The normalized spacial score (nSPS) is 14.0. The largest absolute Gasteiger partial charge is 0.462 e. The topological polar surface area (TPSA) is 44.8 Å². The van der Waals surface area contributed by atoms with Gasteiger partial charge in [-0.25, -0.2) is 4.79 Å². The van der Waals surface area contributed by atoms with Crippen molar-refractivity contribution < 1.29 is 19.0 Å². The van der Waals surface area contributed by atoms with Crippen LogP contribution in [0.2, 0.25) is 0 Å². The molecule has 0 radical (unpaired) electrons. The van der Waals surface area contributed by atoms with E-state index in [4.69, 9.17) is 4.74 Å². The maximum atomic E-state index is 10.5. The molecule has 0 aliphatic carbocycles. The fraction of sp³-hybridized carbons (Fsp3) is 0. The monoisotopic (exact) mass is 154 g/mol. The summed E-state index contributed by atoms with van der Waals surface area (Å²) in [5.41, 5.74) is 0. The van der Waals surface area contributed by atoms with Crippen LogP contribution >= 0.6 is 0 Å². The van der Waals surface area contributed by atoms with Crippen LogP contribution in [-0.2, 0) is 19.0 Å². The van der Waals surface area contributed by atoms with Crippen LogP contribution in [0.1, 0.15) is 0 Å². The summed E-state index contributed by atoms with van der Waals surface area (Å²) in [6.45, 7) is 3.21. The van der Waals surface area contributed by atoms with Crippen LogP contribution in [-0.4, -0.2) is 5.97 Å². The highest BCUT2D eigenvalue weighted by Gasteiger charge is 2.05. The van der Waals surface area contributed by atoms with E-state index in [2.05, 4.69) is 16.1 Å². The first-order chi connectivity index (χ1) is 5.33. The van der Waals surface area contributed by atoms with Crippen LogP contribution in [0.3, 0.4) is 0 Å². The van der Waals surface area contributed by atoms with Crippen molar-refractivity contribution in [2.24, 2.45) is 0 Å². The van der Waals surface area contributed by atoms with Crippen LogP contribution in [0.25, 0.3) is 0 Å². The van der Waals surface area contributed by atoms with Gasteiger partial charge in [-0.1, -0.05) is 6.58 Å². The molecular formula is C7H6O4. The molecule has 0 spiro atoms. The first-order valence-electron chi connectivity index (χ1n) is 2.84. The molecule has 0 bridgehead atoms. The summed E-state index contributed by atoms with van der Waals surface area (Å²) in [5, 5.41) is 0. The summed E-state index contributed by atoms with van der Waals surface area (Å²) in [6.07, 6.45) is 4.76. The van der Waals surface area contributed by atoms with Crippen molar-refractivity contribution in [1.29, 1.82) is 0 Å². The van der Waals surface area contributed by atoms with Gasteiger partial charge < -0.3 is 14.2 Å². The lowest BCUT2D eigenvalue weighted by Gasteiger charge is -2.07. The Bertz CT molecular complexity index is 227. The fourth-order valence-corrected chi connectivity index (χ4v) is 0.438. The first-order valence-corrected chi connectivity index (χ1v) is 2.84. The summed E-state index contributed by atoms with van der Waals surface area (Å²) in [4.78, 5) is 10.5. The van der Waals surface area contributed by atoms with E-state index < -0.39 is 5.97 Å². The molecule has 0 amide bonds. The Morgan fingerprint density at radius 1 is 1.64 bits per heavy atom. The Balaban J connectivity index is 2.43. The maximum Gasteiger partial charge on any atom is 0.338 e. The Kier molecular flexibility index (Phi) is 2.32. The lowest BCUT2D eigenvalue weighted by molar-refractivity contribution is -0.138. The highest BCUT2D eigenvalue weighted by molar-refractivity contribution is 5.81. The summed E-state index contributed by atoms with van der Waals surface area (Å²) >= 11 is 0. The molecule has 0 unspecified atom stereocenters. The molecule has 0 saturated carbocycles. The minimum absolute atomic E-state index is 0.00241. The molecule has 1 aliphatic rings. The molecule has 4 heteroatoms. The van der Waals surface area contributed by atoms with Gasteiger partial charge in [-0.2, -0.15) is 0 Å². The third kappa shape index (κ3) is 2.17. The minimum atomic E-state index is -0.588. The van der Waals surface area contributed by atoms with Gasteiger partial charge in [0.2, 0.25) is 0 Å². The van der Waals surface area contributed by atoms with Gasteiger partial charge in [-0.3, -0.25) is 0 Å². The number of hydrogen-bond donors (Lipinski definition) is 0. The zero-order valence-corrected chi connectivity index (χ0v) is 5.65. The Labute approximate surface area is 63.4 Å². The number of rotatable bonds is 2. The van der Waals surface area contributed by atoms with Crippen molar-refractivity contribution in [3.05, 3.63) is 37.4 Å². The van der Waals surface area contributed by atoms with Crippen LogP contribution in [0.15, 0.2) is 37.4 Å². The minimum Gasteiger partial charge on any atom is -0.462 e. The summed E-state index contributed by atoms with van der Waals surface area (Å²) in [5.74, 6) is -0.590. The lowest BCUT2D eigenvalue weighted by atomic mass is 10.7. The molecular weight excluding hydrogens is 148 g/mol. The molecule has 1 heterocycles. The summed E-state index contributed by atoms with van der Waals surface area (Å²) in [6, 6.07) is 0. The number of carbonyl (C=O) groups is 1. The fourth-order valence-electron chi connectivity index (χ4n) is 0.438. The Hall–Kier alpha value is -1.71. The van der Waals surface area contributed by atoms with Gasteiger partial charge in [0.25, 0.3) is 0 Å². The molecule has 0 atom stereocenters. The molecule has 0 aromatic carbocycles. The first kappa shape index (κ1) is 7.40. The number of ether oxygens (including phenoxy) is 3. The zero-order valence-electron chi connectivity index (χ0n) is 5.65. The Morgan fingerprint density at radius 3 is 3.00 bits per heavy atom. The molecule has 4 nitrogen and oxygen atoms in total. The Morgan fingerprint density at radius 2 is 2.45 bits per heavy atom. The van der Waals surface area contributed by atoms with E-state index in [1.54, 1.807) is 0 Å². The predicted molar refractivity (Wildman–Crippen MR) is 35.7 cm³/mol. The van der Waals surface area contributed by atoms with Crippen LogP contribution in [0.5, 0.6) is 0 Å². The summed E-state index contributed by atoms with van der Waals surface area (Å²) in [7, 11) is 0. The molecule has 0 saturated heterocycles. The average molecular weight is 154 g/mol. The van der Waals surface area contributed by atoms with Gasteiger partial charge >= 0.3 is 11.9 Å². The number of carbonyl (C=O) groups excluding carboxylic acids is 1. The quantitative estimate of drug-likeness (QED) is 0.440. The molecule has 58 valence electrons. The third-order valence-electron chi connectivity index (χ3n) is 0.850. The predicted octanol–water partition coefficient (Wildman–Crippen LogP) is 1.03. The van der Waals surface area contributed by atoms with Crippen molar-refractivity contribution in [1.82, 2.24) is 0 Å². The van der Waals surface area contributed by atoms with Crippen LogP contribution < -0.4 is 0 Å². The zero-order chi connectivity index (χ0) is 8.10. The van der Waals surface area contributed by atoms with E-state index in [9.17, 15) is 4.79 Å². The van der Waals surface area contributed by atoms with E-state index >= 15 is 0 Å². The van der Waals surface area contributed by atoms with Crippen molar-refractivity contribution >= 4 is 5.97 Å². The van der Waals surface area contributed by atoms with Crippen molar-refractivity contribution in [2.75, 3.05) is 0 Å². The molecule has 0 N–H and O–H groups in total. The van der Waals surface area contributed by atoms with E-state index in [-0.39, 0.29) is 5.95 Å². The molecule has 1 rings (SSSR count). The van der Waals surface area contributed by atoms with Crippen molar-refractivity contribution in [3.8, 4) is 0 Å². The third-order valence-corrected chi connectivity index (χ3v) is 0.850. The van der Waals surface area contributed by atoms with Crippen molar-refractivity contribution in [2.45, 2.75) is 0 Å². The van der Waals surface area contributed by atoms with Crippen LogP contribution in [0.4, 0.5) is 0 Å². The van der Waals surface area contributed by atoms with Gasteiger partial charge in [0.1, 0.15) is 12.5 Å². The van der Waals surface area contributed by atoms with E-state index in [1.807, 2.05) is 0 Å². The van der Waals surface area contributed by atoms with E-state index in [0.29, 0.717) is 0 Å². The molecule has 0 aromatic rings. The molecule has 11 heavy (non-hydrogen) atoms. The standard InChI is InChI=1S/C7H6O4/c1-2-6(8)11-7-5-9-3-4-10-7/h2-5H,1H2. The molecule has 1 aliphatic heterocycles. The SMILES string of the molecule is C=CC(=O)OC1=COC=CO1. The molecule has 0 fully saturated rings. The second kappa shape index (κ2) is 3.46. The second-order valence-electron chi connectivity index (χ2n) is 1.59. The highest BCUT2D eigenvalue weighted by Crippen LogP contribution is 2.06. The van der Waals surface area contributed by atoms with Gasteiger partial charge in [0, 0.05) is 6.08 Å². The van der Waals surface area contributed by atoms with Gasteiger partial charge in [0.05, 0.1) is 0 Å². The van der Waals surface area contributed by atoms with Gasteiger partial charge in [-0.05, 0) is 0 Å². The van der Waals surface area contributed by atoms with Gasteiger partial charge in [0.15, 0.2) is 6.26 Å². The highest BCUT2D eigenvalue weighted by atomic mass is 16.7. The number of esters is 1. The smallest absolute Gasteiger partial charge is 0.338 e. The maximum absolute atomic E-state index is 10.5. The van der Waals surface area contributed by atoms with Gasteiger partial charge in [-0.15, -0.1) is 0 Å². The lowest BCUT2D eigenvalue weighted by Crippen LogP contribution is -2.03. The second-order valence-corrected chi connectivity index (χ2v) is 1.59. The summed E-state index contributed by atoms with van der Waals surface area (Å²) < 4.78 is 13.9. The van der Waals surface area contributed by atoms with Crippen LogP contribution in [0, 0.1) is 0 Å². The van der Waals surface area contributed by atoms with E-state index in [0.717, 1.165) is 6.08 Å². The number of hydrogen-bond acceptors (Lipinski definition) is 4. The average Bonchev–Trinajstić information content (AvgIpc) is 2.06. The van der Waals surface area contributed by atoms with E-state index in [1.165, 1.54) is 18.8 Å². The molecule has 0 aromatic heterocycles.